The molecule has 2 amide bonds. The fourth-order valence-electron chi connectivity index (χ4n) is 3.90. The quantitative estimate of drug-likeness (QED) is 0.602. The SMILES string of the molecule is COc1ccc(C(=O)NCCN2CCN(C(=O)c3cn(-c4ccccc4)nc3C)CC2)cc1. The first-order chi connectivity index (χ1) is 16.0. The van der Waals surface area contributed by atoms with Gasteiger partial charge >= 0.3 is 0 Å². The van der Waals surface area contributed by atoms with Gasteiger partial charge in [0.1, 0.15) is 5.75 Å². The minimum absolute atomic E-state index is 0.0159. The third-order valence-corrected chi connectivity index (χ3v) is 5.88. The van der Waals surface area contributed by atoms with Gasteiger partial charge in [0.25, 0.3) is 11.8 Å². The van der Waals surface area contributed by atoms with Crippen LogP contribution >= 0.6 is 0 Å². The molecular weight excluding hydrogens is 418 g/mol. The van der Waals surface area contributed by atoms with Crippen molar-refractivity contribution in [1.82, 2.24) is 24.9 Å². The van der Waals surface area contributed by atoms with Gasteiger partial charge in [-0.1, -0.05) is 18.2 Å². The molecule has 33 heavy (non-hydrogen) atoms. The summed E-state index contributed by atoms with van der Waals surface area (Å²) in [6, 6.07) is 16.8. The molecule has 0 aliphatic carbocycles. The van der Waals surface area contributed by atoms with Crippen LogP contribution in [0.4, 0.5) is 0 Å². The number of carbonyl (C=O) groups excluding carboxylic acids is 2. The minimum atomic E-state index is -0.0997. The predicted molar refractivity (Wildman–Crippen MR) is 126 cm³/mol. The Balaban J connectivity index is 1.24. The Morgan fingerprint density at radius 1 is 1.00 bits per heavy atom. The maximum Gasteiger partial charge on any atom is 0.257 e. The summed E-state index contributed by atoms with van der Waals surface area (Å²) in [4.78, 5) is 29.5. The molecule has 1 aromatic heterocycles. The molecule has 172 valence electrons. The van der Waals surface area contributed by atoms with Gasteiger partial charge in [0.05, 0.1) is 24.1 Å². The molecule has 4 rings (SSSR count). The van der Waals surface area contributed by atoms with Crippen LogP contribution < -0.4 is 10.1 Å². The third-order valence-electron chi connectivity index (χ3n) is 5.88. The number of rotatable bonds is 7. The first-order valence-corrected chi connectivity index (χ1v) is 11.1. The molecular formula is C25H29N5O3. The number of carbonyl (C=O) groups is 2. The minimum Gasteiger partial charge on any atom is -0.497 e. The van der Waals surface area contributed by atoms with Gasteiger partial charge in [-0.05, 0) is 43.3 Å². The van der Waals surface area contributed by atoms with Crippen molar-refractivity contribution in [3.05, 3.63) is 77.6 Å². The summed E-state index contributed by atoms with van der Waals surface area (Å²) in [5.41, 5.74) is 2.91. The number of aryl methyl sites for hydroxylation is 1. The molecule has 2 aromatic carbocycles. The lowest BCUT2D eigenvalue weighted by atomic mass is 10.2. The van der Waals surface area contributed by atoms with Gasteiger partial charge in [-0.15, -0.1) is 0 Å². The molecule has 2 heterocycles. The summed E-state index contributed by atoms with van der Waals surface area (Å²) in [6.07, 6.45) is 1.81. The Bertz CT molecular complexity index is 1090. The Kier molecular flexibility index (Phi) is 7.04. The van der Waals surface area contributed by atoms with Gasteiger partial charge < -0.3 is 15.0 Å². The highest BCUT2D eigenvalue weighted by molar-refractivity contribution is 5.95. The molecule has 8 heteroatoms. The van der Waals surface area contributed by atoms with Crippen LogP contribution in [0, 0.1) is 6.92 Å². The molecule has 1 N–H and O–H groups in total. The fraction of sp³-hybridized carbons (Fsp3) is 0.320. The summed E-state index contributed by atoms with van der Waals surface area (Å²) >= 11 is 0. The number of methoxy groups -OCH3 is 1. The van der Waals surface area contributed by atoms with Crippen LogP contribution in [0.15, 0.2) is 60.8 Å². The molecule has 1 fully saturated rings. The maximum atomic E-state index is 13.1. The summed E-state index contributed by atoms with van der Waals surface area (Å²) in [6.45, 7) is 6.03. The lowest BCUT2D eigenvalue weighted by Gasteiger charge is -2.34. The standard InChI is InChI=1S/C25H29N5O3/c1-19-23(18-30(27-19)21-6-4-3-5-7-21)25(32)29-16-14-28(15-17-29)13-12-26-24(31)20-8-10-22(33-2)11-9-20/h3-11,18H,12-17H2,1-2H3,(H,26,31). The van der Waals surface area contributed by atoms with Crippen molar-refractivity contribution in [2.75, 3.05) is 46.4 Å². The van der Waals surface area contributed by atoms with Crippen LogP contribution in [0.2, 0.25) is 0 Å². The number of amides is 2. The number of para-hydroxylation sites is 1. The van der Waals surface area contributed by atoms with Crippen molar-refractivity contribution >= 4 is 11.8 Å². The Labute approximate surface area is 193 Å². The smallest absolute Gasteiger partial charge is 0.257 e. The molecule has 0 spiro atoms. The zero-order valence-corrected chi connectivity index (χ0v) is 19.0. The van der Waals surface area contributed by atoms with E-state index in [1.165, 1.54) is 0 Å². The normalized spacial score (nSPS) is 14.2. The lowest BCUT2D eigenvalue weighted by Crippen LogP contribution is -2.50. The van der Waals surface area contributed by atoms with Crippen LogP contribution in [0.5, 0.6) is 5.75 Å². The van der Waals surface area contributed by atoms with Crippen LogP contribution in [-0.4, -0.2) is 77.8 Å². The zero-order chi connectivity index (χ0) is 23.2. The second kappa shape index (κ2) is 10.3. The number of aromatic nitrogens is 2. The molecule has 1 saturated heterocycles. The van der Waals surface area contributed by atoms with Crippen LogP contribution in [0.1, 0.15) is 26.4 Å². The number of nitrogens with zero attached hydrogens (tertiary/aromatic N) is 4. The van der Waals surface area contributed by atoms with Crippen LogP contribution in [0.25, 0.3) is 5.69 Å². The third kappa shape index (κ3) is 5.40. The van der Waals surface area contributed by atoms with Gasteiger partial charge in [0.15, 0.2) is 0 Å². The first kappa shape index (κ1) is 22.5. The van der Waals surface area contributed by atoms with Crippen molar-refractivity contribution in [2.45, 2.75) is 6.92 Å². The van der Waals surface area contributed by atoms with E-state index in [2.05, 4.69) is 15.3 Å². The van der Waals surface area contributed by atoms with E-state index in [9.17, 15) is 9.59 Å². The first-order valence-electron chi connectivity index (χ1n) is 11.1. The molecule has 0 radical (unpaired) electrons. The highest BCUT2D eigenvalue weighted by atomic mass is 16.5. The van der Waals surface area contributed by atoms with E-state index in [0.29, 0.717) is 30.8 Å². The lowest BCUT2D eigenvalue weighted by molar-refractivity contribution is 0.0637. The van der Waals surface area contributed by atoms with E-state index in [1.54, 1.807) is 36.1 Å². The van der Waals surface area contributed by atoms with E-state index in [0.717, 1.165) is 36.8 Å². The Morgan fingerprint density at radius 2 is 1.70 bits per heavy atom. The number of hydrogen-bond donors (Lipinski definition) is 1. The van der Waals surface area contributed by atoms with Gasteiger partial charge in [-0.25, -0.2) is 4.68 Å². The Morgan fingerprint density at radius 3 is 2.36 bits per heavy atom. The Hall–Kier alpha value is -3.65. The van der Waals surface area contributed by atoms with Gasteiger partial charge in [0.2, 0.25) is 0 Å². The molecule has 8 nitrogen and oxygen atoms in total. The molecule has 0 bridgehead atoms. The average Bonchev–Trinajstić information content (AvgIpc) is 3.26. The predicted octanol–water partition coefficient (Wildman–Crippen LogP) is 2.38. The van der Waals surface area contributed by atoms with Crippen molar-refractivity contribution < 1.29 is 14.3 Å². The van der Waals surface area contributed by atoms with Crippen LogP contribution in [-0.2, 0) is 0 Å². The highest BCUT2D eigenvalue weighted by Crippen LogP contribution is 2.15. The van der Waals surface area contributed by atoms with Gasteiger partial charge in [-0.3, -0.25) is 14.5 Å². The molecule has 0 saturated carbocycles. The highest BCUT2D eigenvalue weighted by Gasteiger charge is 2.24. The molecule has 0 atom stereocenters. The number of hydrogen-bond acceptors (Lipinski definition) is 5. The van der Waals surface area contributed by atoms with Crippen molar-refractivity contribution in [3.8, 4) is 11.4 Å². The summed E-state index contributed by atoms with van der Waals surface area (Å²) < 4.78 is 6.87. The summed E-state index contributed by atoms with van der Waals surface area (Å²) in [5, 5.41) is 7.47. The second-order valence-corrected chi connectivity index (χ2v) is 8.03. The zero-order valence-electron chi connectivity index (χ0n) is 19.0. The second-order valence-electron chi connectivity index (χ2n) is 8.03. The van der Waals surface area contributed by atoms with Crippen molar-refractivity contribution in [3.63, 3.8) is 0 Å². The molecule has 1 aliphatic heterocycles. The van der Waals surface area contributed by atoms with E-state index in [1.807, 2.05) is 48.4 Å². The van der Waals surface area contributed by atoms with Crippen molar-refractivity contribution in [1.29, 1.82) is 0 Å². The number of nitrogens with one attached hydrogen (secondary N) is 1. The number of piperazine rings is 1. The summed E-state index contributed by atoms with van der Waals surface area (Å²) in [5.74, 6) is 0.640. The van der Waals surface area contributed by atoms with Crippen molar-refractivity contribution in [2.24, 2.45) is 0 Å². The van der Waals surface area contributed by atoms with Crippen LogP contribution in [0.3, 0.4) is 0 Å². The molecule has 3 aromatic rings. The number of benzene rings is 2. The van der Waals surface area contributed by atoms with E-state index in [4.69, 9.17) is 4.74 Å². The average molecular weight is 448 g/mol. The van der Waals surface area contributed by atoms with Gasteiger partial charge in [-0.2, -0.15) is 5.10 Å². The van der Waals surface area contributed by atoms with E-state index in [-0.39, 0.29) is 11.8 Å². The largest absolute Gasteiger partial charge is 0.497 e. The van der Waals surface area contributed by atoms with E-state index < -0.39 is 0 Å². The fourth-order valence-corrected chi connectivity index (χ4v) is 3.90. The topological polar surface area (TPSA) is 79.7 Å². The molecule has 1 aliphatic rings. The van der Waals surface area contributed by atoms with Gasteiger partial charge in [0, 0.05) is 51.0 Å². The summed E-state index contributed by atoms with van der Waals surface area (Å²) in [7, 11) is 1.60. The van der Waals surface area contributed by atoms with E-state index >= 15 is 0 Å². The monoisotopic (exact) mass is 447 g/mol. The maximum absolute atomic E-state index is 13.1. The number of ether oxygens (including phenoxy) is 1. The molecule has 0 unspecified atom stereocenters.